The van der Waals surface area contributed by atoms with Crippen LogP contribution in [0.2, 0.25) is 5.02 Å². The maximum atomic E-state index is 14.3. The quantitative estimate of drug-likeness (QED) is 0.0674. The first kappa shape index (κ1) is 40.9. The number of nitrogens with one attached hydrogen (secondary N) is 2. The first-order valence-electron chi connectivity index (χ1n) is 16.4. The molecule has 2 heterocycles. The van der Waals surface area contributed by atoms with Gasteiger partial charge in [0.2, 0.25) is 6.41 Å². The minimum atomic E-state index is -4.77. The number of ether oxygens (including phenoxy) is 1. The Bertz CT molecular complexity index is 2130. The third-order valence-electron chi connectivity index (χ3n) is 8.85. The molecule has 4 aromatic rings. The Hall–Kier alpha value is -4.24. The second-order valence-electron chi connectivity index (χ2n) is 13.0. The number of aromatic nitrogens is 3. The van der Waals surface area contributed by atoms with Crippen LogP contribution in [-0.4, -0.2) is 74.1 Å². The summed E-state index contributed by atoms with van der Waals surface area (Å²) in [7, 11) is 0.428. The molecule has 1 aliphatic carbocycles. The lowest BCUT2D eigenvalue weighted by atomic mass is 9.89. The molecular weight excluding hydrogens is 775 g/mol. The molecule has 1 aliphatic rings. The van der Waals surface area contributed by atoms with E-state index in [-0.39, 0.29) is 62.3 Å². The van der Waals surface area contributed by atoms with Crippen LogP contribution in [0.1, 0.15) is 49.7 Å². The third-order valence-corrected chi connectivity index (χ3v) is 11.4. The highest BCUT2D eigenvalue weighted by molar-refractivity contribution is 8.00. The van der Waals surface area contributed by atoms with Crippen LogP contribution >= 0.6 is 23.5 Å². The highest BCUT2D eigenvalue weighted by atomic mass is 35.5. The minimum Gasteiger partial charge on any atom is -0.445 e. The number of carbonyl (C=O) groups excluding carboxylic acids is 2. The van der Waals surface area contributed by atoms with Gasteiger partial charge in [-0.25, -0.2) is 18.6 Å². The van der Waals surface area contributed by atoms with E-state index in [9.17, 15) is 35.8 Å². The van der Waals surface area contributed by atoms with E-state index in [2.05, 4.69) is 27.6 Å². The Morgan fingerprint density at radius 1 is 1.17 bits per heavy atom. The standard InChI is InChI=1S/C36H36ClF5N6O4S2/c1-35(2,54(5)51)11-10-23-6-7-26(31(45-23)29(44-19-49)14-20-12-21(38)15-22(39)13-20)27-8-9-28(37)30-32(27)47(18-36(40,41)42)46-33(30)48(53-4)34(50)52-25-16-24(17-25)43-3/h6-9,12-13,15,19,24-25,29,43H,14,16-18H2,1-5H3,(H,44,49). The van der Waals surface area contributed by atoms with E-state index in [0.29, 0.717) is 30.0 Å². The van der Waals surface area contributed by atoms with Crippen molar-refractivity contribution in [2.24, 2.45) is 0 Å². The molecule has 2 aromatic carbocycles. The van der Waals surface area contributed by atoms with Crippen molar-refractivity contribution >= 4 is 63.6 Å². The van der Waals surface area contributed by atoms with Gasteiger partial charge in [0.05, 0.1) is 27.7 Å². The molecule has 1 saturated carbocycles. The average Bonchev–Trinajstić information content (AvgIpc) is 3.43. The fourth-order valence-corrected chi connectivity index (χ4v) is 6.77. The molecule has 0 bridgehead atoms. The smallest absolute Gasteiger partial charge is 0.426 e. The second-order valence-corrected chi connectivity index (χ2v) is 16.1. The molecule has 1 fully saturated rings. The zero-order chi connectivity index (χ0) is 39.5. The first-order valence-corrected chi connectivity index (χ1v) is 19.6. The van der Waals surface area contributed by atoms with Gasteiger partial charge >= 0.3 is 12.3 Å². The minimum absolute atomic E-state index is 0.000480. The van der Waals surface area contributed by atoms with Gasteiger partial charge in [-0.05, 0) is 93.9 Å². The molecule has 0 aliphatic heterocycles. The number of rotatable bonds is 12. The lowest BCUT2D eigenvalue weighted by Crippen LogP contribution is -2.45. The maximum Gasteiger partial charge on any atom is 0.426 e. The number of pyridine rings is 1. The molecule has 2 N–H and O–H groups in total. The molecule has 10 nitrogen and oxygen atoms in total. The number of hydrogen-bond acceptors (Lipinski definition) is 8. The summed E-state index contributed by atoms with van der Waals surface area (Å²) in [6.07, 6.45) is -1.72. The monoisotopic (exact) mass is 810 g/mol. The Morgan fingerprint density at radius 2 is 1.83 bits per heavy atom. The van der Waals surface area contributed by atoms with Crippen molar-refractivity contribution in [2.45, 2.75) is 68.8 Å². The van der Waals surface area contributed by atoms with Crippen LogP contribution in [0, 0.1) is 23.5 Å². The van der Waals surface area contributed by atoms with Crippen LogP contribution in [0.4, 0.5) is 32.6 Å². The Balaban J connectivity index is 1.74. The van der Waals surface area contributed by atoms with E-state index in [1.807, 2.05) is 0 Å². The highest BCUT2D eigenvalue weighted by Crippen LogP contribution is 2.43. The van der Waals surface area contributed by atoms with Crippen LogP contribution in [0.15, 0.2) is 42.5 Å². The summed E-state index contributed by atoms with van der Waals surface area (Å²) >= 11 is 7.57. The van der Waals surface area contributed by atoms with Crippen LogP contribution in [0.3, 0.4) is 0 Å². The summed E-state index contributed by atoms with van der Waals surface area (Å²) in [6.45, 7) is 1.77. The van der Waals surface area contributed by atoms with Gasteiger partial charge in [0.1, 0.15) is 34.7 Å². The molecule has 0 radical (unpaired) electrons. The highest BCUT2D eigenvalue weighted by Gasteiger charge is 2.37. The van der Waals surface area contributed by atoms with Gasteiger partial charge < -0.3 is 15.4 Å². The van der Waals surface area contributed by atoms with E-state index in [1.165, 1.54) is 36.8 Å². The average molecular weight is 811 g/mol. The van der Waals surface area contributed by atoms with Gasteiger partial charge in [-0.3, -0.25) is 13.7 Å². The van der Waals surface area contributed by atoms with Crippen molar-refractivity contribution in [3.8, 4) is 23.0 Å². The molecule has 54 heavy (non-hydrogen) atoms. The molecule has 0 spiro atoms. The predicted molar refractivity (Wildman–Crippen MR) is 199 cm³/mol. The summed E-state index contributed by atoms with van der Waals surface area (Å²) in [4.78, 5) is 30.1. The topological polar surface area (TPSA) is 118 Å². The molecule has 2 aromatic heterocycles. The van der Waals surface area contributed by atoms with Crippen LogP contribution in [-0.2, 0) is 33.3 Å². The van der Waals surface area contributed by atoms with Crippen molar-refractivity contribution in [1.82, 2.24) is 25.4 Å². The number of anilines is 1. The van der Waals surface area contributed by atoms with Gasteiger partial charge in [0.25, 0.3) is 0 Å². The van der Waals surface area contributed by atoms with Crippen molar-refractivity contribution < 1.29 is 40.5 Å². The number of carbonyl (C=O) groups is 2. The number of hydrogen-bond donors (Lipinski definition) is 2. The van der Waals surface area contributed by atoms with Crippen molar-refractivity contribution in [3.05, 3.63) is 76.1 Å². The number of nitrogens with zero attached hydrogens (tertiary/aromatic N) is 4. The fraction of sp³-hybridized carbons (Fsp3) is 0.389. The molecule has 288 valence electrons. The van der Waals surface area contributed by atoms with Crippen molar-refractivity contribution in [3.63, 3.8) is 0 Å². The van der Waals surface area contributed by atoms with E-state index < -0.39 is 58.1 Å². The Labute approximate surface area is 320 Å². The van der Waals surface area contributed by atoms with Gasteiger partial charge in [0, 0.05) is 46.5 Å². The first-order chi connectivity index (χ1) is 25.4. The fourth-order valence-electron chi connectivity index (χ4n) is 5.85. The molecule has 18 heteroatoms. The number of halogens is 6. The van der Waals surface area contributed by atoms with E-state index in [1.54, 1.807) is 20.9 Å². The number of alkyl halides is 3. The van der Waals surface area contributed by atoms with Gasteiger partial charge in [-0.15, -0.1) is 0 Å². The van der Waals surface area contributed by atoms with Crippen molar-refractivity contribution in [1.29, 1.82) is 0 Å². The van der Waals surface area contributed by atoms with Gasteiger partial charge in [0.15, 0.2) is 5.82 Å². The molecule has 2 atom stereocenters. The van der Waals surface area contributed by atoms with Gasteiger partial charge in [-0.1, -0.05) is 23.6 Å². The molecule has 2 unspecified atom stereocenters. The predicted octanol–water partition coefficient (Wildman–Crippen LogP) is 7.10. The molecule has 5 rings (SSSR count). The summed E-state index contributed by atoms with van der Waals surface area (Å²) in [6, 6.07) is 7.80. The summed E-state index contributed by atoms with van der Waals surface area (Å²) in [5.41, 5.74) is 0.569. The van der Waals surface area contributed by atoms with Crippen molar-refractivity contribution in [2.75, 3.05) is 23.9 Å². The molecule has 0 saturated heterocycles. The second kappa shape index (κ2) is 16.6. The Morgan fingerprint density at radius 3 is 2.43 bits per heavy atom. The van der Waals surface area contributed by atoms with E-state index >= 15 is 0 Å². The SMILES string of the molecule is CNC1CC(OC(=O)N(SC)c2nn(CC(F)(F)F)c3c(-c4ccc(C#CC(C)(C)S(C)=O)nc4C(Cc4cc(F)cc(F)c4)NC=O)ccc(Cl)c23)C1. The van der Waals surface area contributed by atoms with E-state index in [4.69, 9.17) is 21.3 Å². The summed E-state index contributed by atoms with van der Waals surface area (Å²) in [5.74, 6) is 3.87. The Kier molecular flexibility index (Phi) is 12.6. The van der Waals surface area contributed by atoms with Crippen LogP contribution < -0.4 is 14.9 Å². The largest absolute Gasteiger partial charge is 0.445 e. The lowest BCUT2D eigenvalue weighted by molar-refractivity contribution is -0.141. The number of benzene rings is 2. The maximum absolute atomic E-state index is 14.3. The van der Waals surface area contributed by atoms with Crippen LogP contribution in [0.5, 0.6) is 0 Å². The van der Waals surface area contributed by atoms with Crippen LogP contribution in [0.25, 0.3) is 22.0 Å². The zero-order valence-corrected chi connectivity index (χ0v) is 32.1. The molecule has 2 amide bonds. The lowest BCUT2D eigenvalue weighted by Gasteiger charge is -2.35. The van der Waals surface area contributed by atoms with Gasteiger partial charge in [-0.2, -0.15) is 22.6 Å². The third kappa shape index (κ3) is 9.34. The summed E-state index contributed by atoms with van der Waals surface area (Å²) < 4.78 is 89.8. The normalized spacial score (nSPS) is 16.9. The summed E-state index contributed by atoms with van der Waals surface area (Å²) in [5, 5.41) is 9.95. The number of amides is 2. The van der Waals surface area contributed by atoms with E-state index in [0.717, 1.165) is 28.4 Å². The molecular formula is C36H36ClF5N6O4S2. The number of fused-ring (bicyclic) bond motifs is 1. The zero-order valence-electron chi connectivity index (χ0n) is 29.7.